The normalized spacial score (nSPS) is 13.1. The van der Waals surface area contributed by atoms with Gasteiger partial charge in [0.15, 0.2) is 16.4 Å². The maximum atomic E-state index is 12.6. The van der Waals surface area contributed by atoms with Crippen molar-refractivity contribution in [2.45, 2.75) is 44.0 Å². The monoisotopic (exact) mass is 403 g/mol. The molecule has 2 aromatic rings. The van der Waals surface area contributed by atoms with Crippen molar-refractivity contribution in [3.8, 4) is 5.75 Å². The van der Waals surface area contributed by atoms with Gasteiger partial charge in [0.25, 0.3) is 5.91 Å². The third kappa shape index (κ3) is 5.35. The number of carbonyl (C=O) groups is 1. The molecule has 1 amide bonds. The van der Waals surface area contributed by atoms with Gasteiger partial charge in [0.2, 0.25) is 0 Å². The minimum atomic E-state index is -3.24. The Bertz CT molecular complexity index is 928. The molecule has 1 atom stereocenters. The van der Waals surface area contributed by atoms with Gasteiger partial charge in [-0.3, -0.25) is 4.79 Å². The van der Waals surface area contributed by atoms with Crippen molar-refractivity contribution in [2.75, 3.05) is 19.9 Å². The average Bonchev–Trinajstić information content (AvgIpc) is 2.63. The number of rotatable bonds is 6. The number of hydrogen-bond donors (Lipinski definition) is 0. The zero-order valence-corrected chi connectivity index (χ0v) is 18.2. The summed E-state index contributed by atoms with van der Waals surface area (Å²) in [6.07, 6.45) is 1.17. The minimum Gasteiger partial charge on any atom is -0.483 e. The SMILES string of the molecule is CC(c1ccc(S(C)(=O)=O)cc1)N(C)C(=O)COc1ccccc1C(C)(C)C. The second kappa shape index (κ2) is 8.35. The molecule has 0 fully saturated rings. The lowest BCUT2D eigenvalue weighted by atomic mass is 9.86. The van der Waals surface area contributed by atoms with Crippen LogP contribution < -0.4 is 4.74 Å². The molecule has 0 spiro atoms. The molecule has 0 radical (unpaired) electrons. The fourth-order valence-electron chi connectivity index (χ4n) is 2.89. The summed E-state index contributed by atoms with van der Waals surface area (Å²) in [5.41, 5.74) is 1.83. The van der Waals surface area contributed by atoms with E-state index in [1.54, 1.807) is 36.2 Å². The first kappa shape index (κ1) is 22.0. The van der Waals surface area contributed by atoms with E-state index >= 15 is 0 Å². The molecule has 28 heavy (non-hydrogen) atoms. The molecular weight excluding hydrogens is 374 g/mol. The van der Waals surface area contributed by atoms with E-state index < -0.39 is 9.84 Å². The highest BCUT2D eigenvalue weighted by atomic mass is 32.2. The van der Waals surface area contributed by atoms with Gasteiger partial charge in [-0.25, -0.2) is 8.42 Å². The van der Waals surface area contributed by atoms with E-state index in [1.165, 1.54) is 6.26 Å². The van der Waals surface area contributed by atoms with Gasteiger partial charge in [0, 0.05) is 13.3 Å². The Kier molecular flexibility index (Phi) is 6.55. The van der Waals surface area contributed by atoms with Crippen LogP contribution in [0.5, 0.6) is 5.75 Å². The van der Waals surface area contributed by atoms with E-state index in [0.717, 1.165) is 11.1 Å². The molecule has 0 N–H and O–H groups in total. The van der Waals surface area contributed by atoms with Gasteiger partial charge in [-0.05, 0) is 41.7 Å². The Hall–Kier alpha value is -2.34. The fourth-order valence-corrected chi connectivity index (χ4v) is 3.52. The summed E-state index contributed by atoms with van der Waals surface area (Å²) in [6.45, 7) is 8.15. The summed E-state index contributed by atoms with van der Waals surface area (Å²) in [5.74, 6) is 0.560. The number of benzene rings is 2. The number of carbonyl (C=O) groups excluding carboxylic acids is 1. The van der Waals surface area contributed by atoms with E-state index in [9.17, 15) is 13.2 Å². The second-order valence-electron chi connectivity index (χ2n) is 8.06. The predicted molar refractivity (Wildman–Crippen MR) is 111 cm³/mol. The van der Waals surface area contributed by atoms with Crippen molar-refractivity contribution >= 4 is 15.7 Å². The van der Waals surface area contributed by atoms with E-state index in [-0.39, 0.29) is 28.9 Å². The van der Waals surface area contributed by atoms with Crippen molar-refractivity contribution in [3.05, 3.63) is 59.7 Å². The van der Waals surface area contributed by atoms with Gasteiger partial charge in [-0.15, -0.1) is 0 Å². The lowest BCUT2D eigenvalue weighted by Crippen LogP contribution is -2.34. The van der Waals surface area contributed by atoms with Crippen molar-refractivity contribution < 1.29 is 17.9 Å². The lowest BCUT2D eigenvalue weighted by molar-refractivity contribution is -0.134. The number of hydrogen-bond acceptors (Lipinski definition) is 4. The molecule has 1 unspecified atom stereocenters. The van der Waals surface area contributed by atoms with E-state index in [1.807, 2.05) is 31.2 Å². The molecule has 0 saturated carbocycles. The Morgan fingerprint density at radius 3 is 2.18 bits per heavy atom. The molecule has 2 rings (SSSR count). The third-order valence-corrected chi connectivity index (χ3v) is 5.94. The van der Waals surface area contributed by atoms with Crippen LogP contribution in [-0.4, -0.2) is 39.1 Å². The van der Waals surface area contributed by atoms with Crippen LogP contribution >= 0.6 is 0 Å². The standard InChI is InChI=1S/C22H29NO4S/c1-16(17-11-13-18(14-12-17)28(6,25)26)23(5)21(24)15-27-20-10-8-7-9-19(20)22(2,3)4/h7-14,16H,15H2,1-6H3. The largest absolute Gasteiger partial charge is 0.483 e. The Morgan fingerprint density at radius 2 is 1.64 bits per heavy atom. The molecule has 0 aliphatic rings. The van der Waals surface area contributed by atoms with Crippen LogP contribution in [0.1, 0.15) is 44.9 Å². The third-order valence-electron chi connectivity index (χ3n) is 4.81. The highest BCUT2D eigenvalue weighted by Crippen LogP contribution is 2.31. The summed E-state index contributed by atoms with van der Waals surface area (Å²) in [4.78, 5) is 14.5. The second-order valence-corrected chi connectivity index (χ2v) is 10.1. The first-order chi connectivity index (χ1) is 12.9. The molecule has 0 aromatic heterocycles. The number of nitrogens with zero attached hydrogens (tertiary/aromatic N) is 1. The zero-order valence-electron chi connectivity index (χ0n) is 17.4. The number of para-hydroxylation sites is 1. The lowest BCUT2D eigenvalue weighted by Gasteiger charge is -2.27. The summed E-state index contributed by atoms with van der Waals surface area (Å²) < 4.78 is 29.0. The molecule has 2 aromatic carbocycles. The molecule has 0 heterocycles. The Labute approximate surface area is 168 Å². The Morgan fingerprint density at radius 1 is 1.07 bits per heavy atom. The predicted octanol–water partition coefficient (Wildman–Crippen LogP) is 3.99. The van der Waals surface area contributed by atoms with Gasteiger partial charge in [0.1, 0.15) is 5.75 Å². The molecule has 0 aliphatic carbocycles. The van der Waals surface area contributed by atoms with Crippen LogP contribution in [0.15, 0.2) is 53.4 Å². The van der Waals surface area contributed by atoms with Crippen molar-refractivity contribution in [1.29, 1.82) is 0 Å². The molecule has 0 bridgehead atoms. The van der Waals surface area contributed by atoms with Crippen LogP contribution in [-0.2, 0) is 20.0 Å². The molecule has 0 saturated heterocycles. The zero-order chi connectivity index (χ0) is 21.1. The molecule has 0 aliphatic heterocycles. The fraction of sp³-hybridized carbons (Fsp3) is 0.409. The molecular formula is C22H29NO4S. The summed E-state index contributed by atoms with van der Waals surface area (Å²) in [6, 6.07) is 14.1. The quantitative estimate of drug-likeness (QED) is 0.732. The van der Waals surface area contributed by atoms with E-state index in [4.69, 9.17) is 4.74 Å². The van der Waals surface area contributed by atoms with Gasteiger partial charge in [-0.1, -0.05) is 51.1 Å². The smallest absolute Gasteiger partial charge is 0.260 e. The van der Waals surface area contributed by atoms with Crippen molar-refractivity contribution in [3.63, 3.8) is 0 Å². The molecule has 6 heteroatoms. The van der Waals surface area contributed by atoms with Crippen LogP contribution in [0, 0.1) is 0 Å². The number of sulfone groups is 1. The summed E-state index contributed by atoms with van der Waals surface area (Å²) in [5, 5.41) is 0. The van der Waals surface area contributed by atoms with Crippen LogP contribution in [0.2, 0.25) is 0 Å². The average molecular weight is 404 g/mol. The van der Waals surface area contributed by atoms with Crippen LogP contribution in [0.4, 0.5) is 0 Å². The number of amides is 1. The molecule has 152 valence electrons. The highest BCUT2D eigenvalue weighted by molar-refractivity contribution is 7.90. The van der Waals surface area contributed by atoms with Crippen molar-refractivity contribution in [1.82, 2.24) is 4.90 Å². The van der Waals surface area contributed by atoms with Gasteiger partial charge >= 0.3 is 0 Å². The first-order valence-corrected chi connectivity index (χ1v) is 11.1. The van der Waals surface area contributed by atoms with Gasteiger partial charge in [-0.2, -0.15) is 0 Å². The molecule has 5 nitrogen and oxygen atoms in total. The van der Waals surface area contributed by atoms with Gasteiger partial charge < -0.3 is 9.64 Å². The number of ether oxygens (including phenoxy) is 1. The van der Waals surface area contributed by atoms with E-state index in [2.05, 4.69) is 20.8 Å². The maximum absolute atomic E-state index is 12.6. The first-order valence-electron chi connectivity index (χ1n) is 9.19. The van der Waals surface area contributed by atoms with Crippen molar-refractivity contribution in [2.24, 2.45) is 0 Å². The minimum absolute atomic E-state index is 0.0602. The van der Waals surface area contributed by atoms with Gasteiger partial charge in [0.05, 0.1) is 10.9 Å². The highest BCUT2D eigenvalue weighted by Gasteiger charge is 2.21. The number of likely N-dealkylation sites (N-methyl/N-ethyl adjacent to an activating group) is 1. The Balaban J connectivity index is 2.07. The topological polar surface area (TPSA) is 63.7 Å². The maximum Gasteiger partial charge on any atom is 0.260 e. The van der Waals surface area contributed by atoms with Crippen LogP contribution in [0.3, 0.4) is 0 Å². The summed E-state index contributed by atoms with van der Waals surface area (Å²) in [7, 11) is -1.52. The van der Waals surface area contributed by atoms with Crippen LogP contribution in [0.25, 0.3) is 0 Å². The summed E-state index contributed by atoms with van der Waals surface area (Å²) >= 11 is 0. The van der Waals surface area contributed by atoms with E-state index in [0.29, 0.717) is 5.75 Å².